The molecule has 0 spiro atoms. The summed E-state index contributed by atoms with van der Waals surface area (Å²) < 4.78 is 6.99. The molecule has 0 aliphatic rings. The molecule has 0 atom stereocenters. The number of benzene rings is 2. The van der Waals surface area contributed by atoms with E-state index in [4.69, 9.17) is 39.5 Å². The molecule has 2 aromatic heterocycles. The van der Waals surface area contributed by atoms with E-state index in [2.05, 4.69) is 20.9 Å². The number of pyridine rings is 1. The maximum atomic E-state index is 12.9. The van der Waals surface area contributed by atoms with Crippen LogP contribution >= 0.6 is 34.8 Å². The number of hydrogen-bond acceptors (Lipinski definition) is 5. The van der Waals surface area contributed by atoms with Gasteiger partial charge in [0, 0.05) is 28.7 Å². The third kappa shape index (κ3) is 4.45. The summed E-state index contributed by atoms with van der Waals surface area (Å²) in [6, 6.07) is 12.1. The number of fused-ring (bicyclic) bond motifs is 1. The van der Waals surface area contributed by atoms with E-state index in [0.29, 0.717) is 37.5 Å². The zero-order valence-electron chi connectivity index (χ0n) is 16.2. The molecular weight excluding hydrogens is 461 g/mol. The van der Waals surface area contributed by atoms with E-state index in [1.54, 1.807) is 48.3 Å². The van der Waals surface area contributed by atoms with Gasteiger partial charge in [-0.25, -0.2) is 4.68 Å². The standard InChI is InChI=1S/C21H16Cl3N5O2/c1-31-11-20-15(21(30)28-27-18-9-13(23)3-5-16(18)24)10-26-29(20)19-6-7-25-17-8-12(22)2-4-14(17)19/h2-10,27H,11H2,1H3,(H,28,30). The molecule has 0 saturated heterocycles. The van der Waals surface area contributed by atoms with Gasteiger partial charge >= 0.3 is 0 Å². The fraction of sp³-hybridized carbons (Fsp3) is 0.0952. The Kier molecular flexibility index (Phi) is 6.29. The minimum atomic E-state index is -0.407. The normalized spacial score (nSPS) is 11.0. The second-order valence-corrected chi connectivity index (χ2v) is 7.82. The fourth-order valence-electron chi connectivity index (χ4n) is 3.12. The van der Waals surface area contributed by atoms with Crippen LogP contribution in [0.25, 0.3) is 16.6 Å². The summed E-state index contributed by atoms with van der Waals surface area (Å²) in [5.74, 6) is -0.407. The first-order valence-electron chi connectivity index (χ1n) is 9.10. The van der Waals surface area contributed by atoms with Gasteiger partial charge in [0.15, 0.2) is 0 Å². The van der Waals surface area contributed by atoms with Crippen molar-refractivity contribution in [2.24, 2.45) is 0 Å². The molecule has 0 aliphatic heterocycles. The number of aromatic nitrogens is 3. The molecule has 10 heteroatoms. The van der Waals surface area contributed by atoms with Crippen molar-refractivity contribution in [2.75, 3.05) is 12.5 Å². The van der Waals surface area contributed by atoms with Gasteiger partial charge in [-0.05, 0) is 42.5 Å². The first kappa shape index (κ1) is 21.4. The second kappa shape index (κ2) is 9.11. The van der Waals surface area contributed by atoms with Crippen molar-refractivity contribution in [1.82, 2.24) is 20.2 Å². The molecule has 31 heavy (non-hydrogen) atoms. The molecule has 1 amide bonds. The second-order valence-electron chi connectivity index (χ2n) is 6.54. The minimum Gasteiger partial charge on any atom is -0.378 e. The quantitative estimate of drug-likeness (QED) is 0.370. The molecule has 0 radical (unpaired) electrons. The predicted molar refractivity (Wildman–Crippen MR) is 122 cm³/mol. The smallest absolute Gasteiger partial charge is 0.273 e. The van der Waals surface area contributed by atoms with Gasteiger partial charge in [0.25, 0.3) is 5.91 Å². The summed E-state index contributed by atoms with van der Waals surface area (Å²) in [6.45, 7) is 0.165. The van der Waals surface area contributed by atoms with Crippen LogP contribution in [0.5, 0.6) is 0 Å². The predicted octanol–water partition coefficient (Wildman–Crippen LogP) is 5.28. The van der Waals surface area contributed by atoms with Crippen molar-refractivity contribution >= 4 is 57.3 Å². The Balaban J connectivity index is 1.68. The van der Waals surface area contributed by atoms with Gasteiger partial charge in [0.2, 0.25) is 0 Å². The molecule has 4 rings (SSSR count). The van der Waals surface area contributed by atoms with E-state index < -0.39 is 5.91 Å². The van der Waals surface area contributed by atoms with Crippen LogP contribution in [0, 0.1) is 0 Å². The minimum absolute atomic E-state index is 0.165. The SMILES string of the molecule is COCc1c(C(=O)NNc2cc(Cl)ccc2Cl)cnn1-c1ccnc2cc(Cl)ccc12. The van der Waals surface area contributed by atoms with E-state index >= 15 is 0 Å². The lowest BCUT2D eigenvalue weighted by atomic mass is 10.1. The van der Waals surface area contributed by atoms with Gasteiger partial charge < -0.3 is 4.74 Å². The zero-order valence-corrected chi connectivity index (χ0v) is 18.5. The highest BCUT2D eigenvalue weighted by atomic mass is 35.5. The van der Waals surface area contributed by atoms with E-state index in [-0.39, 0.29) is 6.61 Å². The Morgan fingerprint density at radius 1 is 1.10 bits per heavy atom. The fourth-order valence-corrected chi connectivity index (χ4v) is 3.63. The Bertz CT molecular complexity index is 1280. The van der Waals surface area contributed by atoms with Crippen LogP contribution in [0.15, 0.2) is 54.9 Å². The van der Waals surface area contributed by atoms with Crippen molar-refractivity contribution in [3.8, 4) is 5.69 Å². The Morgan fingerprint density at radius 3 is 2.68 bits per heavy atom. The molecule has 4 aromatic rings. The lowest BCUT2D eigenvalue weighted by Gasteiger charge is -2.13. The monoisotopic (exact) mass is 475 g/mol. The van der Waals surface area contributed by atoms with Crippen LogP contribution in [0.2, 0.25) is 15.1 Å². The van der Waals surface area contributed by atoms with Crippen molar-refractivity contribution in [1.29, 1.82) is 0 Å². The molecule has 158 valence electrons. The number of anilines is 1. The molecule has 2 heterocycles. The summed E-state index contributed by atoms with van der Waals surface area (Å²) in [5.41, 5.74) is 8.25. The number of ether oxygens (including phenoxy) is 1. The van der Waals surface area contributed by atoms with Crippen molar-refractivity contribution < 1.29 is 9.53 Å². The lowest BCUT2D eigenvalue weighted by Crippen LogP contribution is -2.30. The maximum absolute atomic E-state index is 12.9. The summed E-state index contributed by atoms with van der Waals surface area (Å²) in [5, 5.41) is 6.75. The number of halogens is 3. The third-order valence-corrected chi connectivity index (χ3v) is 5.34. The molecular formula is C21H16Cl3N5O2. The van der Waals surface area contributed by atoms with Crippen molar-refractivity contribution in [2.45, 2.75) is 6.61 Å². The first-order valence-corrected chi connectivity index (χ1v) is 10.2. The Hall–Kier alpha value is -2.84. The summed E-state index contributed by atoms with van der Waals surface area (Å²) in [7, 11) is 1.55. The molecule has 2 N–H and O–H groups in total. The van der Waals surface area contributed by atoms with E-state index in [0.717, 1.165) is 11.1 Å². The topological polar surface area (TPSA) is 81.1 Å². The number of hydrogen-bond donors (Lipinski definition) is 2. The number of carbonyl (C=O) groups is 1. The number of carbonyl (C=O) groups excluding carboxylic acids is 1. The number of nitrogens with zero attached hydrogens (tertiary/aromatic N) is 3. The summed E-state index contributed by atoms with van der Waals surface area (Å²) in [4.78, 5) is 17.2. The first-order chi connectivity index (χ1) is 15.0. The number of nitrogens with one attached hydrogen (secondary N) is 2. The van der Waals surface area contributed by atoms with E-state index in [1.807, 2.05) is 12.1 Å². The summed E-state index contributed by atoms with van der Waals surface area (Å²) in [6.07, 6.45) is 3.14. The van der Waals surface area contributed by atoms with Gasteiger partial charge in [-0.1, -0.05) is 34.8 Å². The third-order valence-electron chi connectivity index (χ3n) is 4.54. The summed E-state index contributed by atoms with van der Waals surface area (Å²) >= 11 is 18.2. The molecule has 0 fully saturated rings. The van der Waals surface area contributed by atoms with Crippen LogP contribution in [0.1, 0.15) is 16.1 Å². The van der Waals surface area contributed by atoms with Gasteiger partial charge in [-0.2, -0.15) is 5.10 Å². The highest BCUT2D eigenvalue weighted by Gasteiger charge is 2.20. The average Bonchev–Trinajstić information content (AvgIpc) is 3.17. The van der Waals surface area contributed by atoms with Crippen LogP contribution < -0.4 is 10.9 Å². The number of hydrazine groups is 1. The van der Waals surface area contributed by atoms with Crippen molar-refractivity contribution in [3.63, 3.8) is 0 Å². The maximum Gasteiger partial charge on any atom is 0.273 e. The number of amides is 1. The number of rotatable bonds is 6. The number of methoxy groups -OCH3 is 1. The highest BCUT2D eigenvalue weighted by molar-refractivity contribution is 6.35. The Labute approximate surface area is 192 Å². The van der Waals surface area contributed by atoms with Crippen LogP contribution in [0.4, 0.5) is 5.69 Å². The molecule has 0 saturated carbocycles. The van der Waals surface area contributed by atoms with E-state index in [9.17, 15) is 4.79 Å². The molecule has 2 aromatic carbocycles. The van der Waals surface area contributed by atoms with Gasteiger partial charge in [-0.15, -0.1) is 0 Å². The molecule has 0 aliphatic carbocycles. The molecule has 7 nitrogen and oxygen atoms in total. The van der Waals surface area contributed by atoms with Gasteiger partial charge in [-0.3, -0.25) is 20.6 Å². The van der Waals surface area contributed by atoms with Gasteiger partial charge in [0.05, 0.1) is 46.0 Å². The van der Waals surface area contributed by atoms with Crippen molar-refractivity contribution in [3.05, 3.63) is 81.2 Å². The van der Waals surface area contributed by atoms with Gasteiger partial charge in [0.1, 0.15) is 0 Å². The zero-order chi connectivity index (χ0) is 22.0. The largest absolute Gasteiger partial charge is 0.378 e. The van der Waals surface area contributed by atoms with Crippen LogP contribution in [0.3, 0.4) is 0 Å². The molecule has 0 bridgehead atoms. The lowest BCUT2D eigenvalue weighted by molar-refractivity contribution is 0.0957. The van der Waals surface area contributed by atoms with E-state index in [1.165, 1.54) is 6.20 Å². The molecule has 0 unspecified atom stereocenters. The average molecular weight is 477 g/mol. The Morgan fingerprint density at radius 2 is 1.87 bits per heavy atom. The highest BCUT2D eigenvalue weighted by Crippen LogP contribution is 2.27. The van der Waals surface area contributed by atoms with Crippen LogP contribution in [-0.2, 0) is 11.3 Å². The van der Waals surface area contributed by atoms with Crippen LogP contribution in [-0.4, -0.2) is 27.8 Å².